The van der Waals surface area contributed by atoms with Gasteiger partial charge in [-0.1, -0.05) is 0 Å². The third-order valence-corrected chi connectivity index (χ3v) is 2.56. The molecule has 2 aromatic rings. The van der Waals surface area contributed by atoms with Gasteiger partial charge in [0.05, 0.1) is 0 Å². The van der Waals surface area contributed by atoms with Crippen molar-refractivity contribution in [2.24, 2.45) is 0 Å². The van der Waals surface area contributed by atoms with E-state index in [4.69, 9.17) is 5.73 Å². The van der Waals surface area contributed by atoms with Crippen molar-refractivity contribution in [2.45, 2.75) is 0 Å². The highest BCUT2D eigenvalue weighted by atomic mass is 79.9. The topological polar surface area (TPSA) is 51.8 Å². The van der Waals surface area contributed by atoms with Gasteiger partial charge in [0, 0.05) is 28.6 Å². The lowest BCUT2D eigenvalue weighted by Crippen LogP contribution is -1.94. The van der Waals surface area contributed by atoms with Crippen molar-refractivity contribution < 1.29 is 0 Å². The van der Waals surface area contributed by atoms with Gasteiger partial charge in [0.25, 0.3) is 0 Å². The number of hydrogen-bond acceptors (Lipinski definition) is 3. The molecule has 0 radical (unpaired) electrons. The molecule has 0 atom stereocenters. The smallest absolute Gasteiger partial charge is 0.132 e. The maximum atomic E-state index is 5.79. The van der Waals surface area contributed by atoms with Gasteiger partial charge in [-0.2, -0.15) is 0 Å². The van der Waals surface area contributed by atoms with E-state index in [1.165, 1.54) is 0 Å². The first-order chi connectivity index (χ1) is 6.79. The Labute approximate surface area is 90.1 Å². The number of hydrogen-bond donors (Lipinski definition) is 1. The molecule has 3 nitrogen and oxygen atoms in total. The van der Waals surface area contributed by atoms with Crippen LogP contribution in [0.15, 0.2) is 41.3 Å². The third kappa shape index (κ3) is 1.61. The Morgan fingerprint density at radius 2 is 1.79 bits per heavy atom. The monoisotopic (exact) mass is 249 g/mol. The summed E-state index contributed by atoms with van der Waals surface area (Å²) >= 11 is 3.44. The minimum atomic E-state index is 0.519. The molecule has 0 saturated heterocycles. The Bertz CT molecular complexity index is 422. The number of anilines is 1. The van der Waals surface area contributed by atoms with E-state index in [9.17, 15) is 0 Å². The minimum Gasteiger partial charge on any atom is -0.383 e. The highest BCUT2D eigenvalue weighted by Crippen LogP contribution is 2.31. The van der Waals surface area contributed by atoms with Crippen LogP contribution >= 0.6 is 15.9 Å². The highest BCUT2D eigenvalue weighted by Gasteiger charge is 2.06. The van der Waals surface area contributed by atoms with Crippen LogP contribution in [-0.2, 0) is 0 Å². The van der Waals surface area contributed by atoms with Gasteiger partial charge in [0.1, 0.15) is 5.82 Å². The van der Waals surface area contributed by atoms with Gasteiger partial charge >= 0.3 is 0 Å². The Morgan fingerprint density at radius 1 is 1.07 bits per heavy atom. The quantitative estimate of drug-likeness (QED) is 0.845. The zero-order valence-corrected chi connectivity index (χ0v) is 8.90. The first kappa shape index (κ1) is 9.15. The summed E-state index contributed by atoms with van der Waals surface area (Å²) in [6, 6.07) is 5.67. The maximum absolute atomic E-state index is 5.79. The molecule has 70 valence electrons. The van der Waals surface area contributed by atoms with Crippen LogP contribution in [0.4, 0.5) is 5.82 Å². The largest absolute Gasteiger partial charge is 0.383 e. The molecule has 0 amide bonds. The fourth-order valence-corrected chi connectivity index (χ4v) is 1.81. The van der Waals surface area contributed by atoms with E-state index in [2.05, 4.69) is 25.9 Å². The van der Waals surface area contributed by atoms with E-state index in [-0.39, 0.29) is 0 Å². The van der Waals surface area contributed by atoms with E-state index < -0.39 is 0 Å². The number of nitrogens with zero attached hydrogens (tertiary/aromatic N) is 2. The van der Waals surface area contributed by atoms with Crippen LogP contribution < -0.4 is 5.73 Å². The lowest BCUT2D eigenvalue weighted by molar-refractivity contribution is 1.30. The van der Waals surface area contributed by atoms with Crippen molar-refractivity contribution in [2.75, 3.05) is 5.73 Å². The van der Waals surface area contributed by atoms with Gasteiger partial charge in [-0.05, 0) is 39.7 Å². The van der Waals surface area contributed by atoms with Crippen molar-refractivity contribution >= 4 is 21.7 Å². The van der Waals surface area contributed by atoms with Crippen LogP contribution in [-0.4, -0.2) is 9.97 Å². The number of nitrogens with two attached hydrogens (primary N) is 1. The predicted octanol–water partition coefficient (Wildman–Crippen LogP) is 2.49. The fourth-order valence-electron chi connectivity index (χ4n) is 1.26. The molecule has 14 heavy (non-hydrogen) atoms. The van der Waals surface area contributed by atoms with Gasteiger partial charge in [-0.15, -0.1) is 0 Å². The molecule has 2 rings (SSSR count). The van der Waals surface area contributed by atoms with Crippen LogP contribution in [0, 0.1) is 0 Å². The first-order valence-electron chi connectivity index (χ1n) is 4.09. The predicted molar refractivity (Wildman–Crippen MR) is 59.6 cm³/mol. The van der Waals surface area contributed by atoms with Crippen LogP contribution in [0.1, 0.15) is 0 Å². The van der Waals surface area contributed by atoms with Gasteiger partial charge in [0.15, 0.2) is 0 Å². The Kier molecular flexibility index (Phi) is 2.45. The minimum absolute atomic E-state index is 0.519. The molecule has 2 heterocycles. The van der Waals surface area contributed by atoms with Gasteiger partial charge < -0.3 is 5.73 Å². The first-order valence-corrected chi connectivity index (χ1v) is 4.88. The molecule has 0 fully saturated rings. The van der Waals surface area contributed by atoms with Crippen LogP contribution in [0.25, 0.3) is 11.1 Å². The average Bonchev–Trinajstić information content (AvgIpc) is 2.19. The summed E-state index contributed by atoms with van der Waals surface area (Å²) in [4.78, 5) is 8.00. The van der Waals surface area contributed by atoms with Gasteiger partial charge in [-0.25, -0.2) is 4.98 Å². The summed E-state index contributed by atoms with van der Waals surface area (Å²) in [7, 11) is 0. The van der Waals surface area contributed by atoms with E-state index in [1.807, 2.05) is 18.2 Å². The van der Waals surface area contributed by atoms with Crippen molar-refractivity contribution in [3.63, 3.8) is 0 Å². The van der Waals surface area contributed by atoms with E-state index in [0.717, 1.165) is 15.6 Å². The molecule has 0 aliphatic heterocycles. The second kappa shape index (κ2) is 3.75. The average molecular weight is 250 g/mol. The van der Waals surface area contributed by atoms with Crippen LogP contribution in [0.3, 0.4) is 0 Å². The summed E-state index contributed by atoms with van der Waals surface area (Å²) in [5.74, 6) is 0.519. The van der Waals surface area contributed by atoms with Crippen molar-refractivity contribution in [1.82, 2.24) is 9.97 Å². The summed E-state index contributed by atoms with van der Waals surface area (Å²) in [6.45, 7) is 0. The highest BCUT2D eigenvalue weighted by molar-refractivity contribution is 9.10. The number of halogens is 1. The summed E-state index contributed by atoms with van der Waals surface area (Å²) in [5.41, 5.74) is 7.72. The molecule has 2 N–H and O–H groups in total. The number of nitrogen functional groups attached to an aromatic ring is 1. The van der Waals surface area contributed by atoms with E-state index in [1.54, 1.807) is 18.6 Å². The molecule has 0 unspecified atom stereocenters. The molecule has 0 spiro atoms. The van der Waals surface area contributed by atoms with Crippen molar-refractivity contribution in [3.05, 3.63) is 41.3 Å². The number of pyridine rings is 2. The lowest BCUT2D eigenvalue weighted by Gasteiger charge is -2.06. The van der Waals surface area contributed by atoms with Gasteiger partial charge in [-0.3, -0.25) is 4.98 Å². The van der Waals surface area contributed by atoms with Gasteiger partial charge in [0.2, 0.25) is 0 Å². The normalized spacial score (nSPS) is 10.1. The summed E-state index contributed by atoms with van der Waals surface area (Å²) < 4.78 is 0.941. The summed E-state index contributed by atoms with van der Waals surface area (Å²) in [6.07, 6.45) is 5.13. The molecule has 0 saturated carbocycles. The molecule has 0 aliphatic rings. The number of aromatic nitrogens is 2. The second-order valence-corrected chi connectivity index (χ2v) is 3.64. The van der Waals surface area contributed by atoms with Crippen LogP contribution in [0.5, 0.6) is 0 Å². The Hall–Kier alpha value is -1.42. The second-order valence-electron chi connectivity index (χ2n) is 2.79. The molecular weight excluding hydrogens is 242 g/mol. The maximum Gasteiger partial charge on any atom is 0.132 e. The third-order valence-electron chi connectivity index (χ3n) is 1.90. The Morgan fingerprint density at radius 3 is 2.43 bits per heavy atom. The van der Waals surface area contributed by atoms with Crippen molar-refractivity contribution in [3.8, 4) is 11.1 Å². The molecule has 0 bridgehead atoms. The van der Waals surface area contributed by atoms with Crippen molar-refractivity contribution in [1.29, 1.82) is 0 Å². The summed E-state index contributed by atoms with van der Waals surface area (Å²) in [5, 5.41) is 0. The molecular formula is C10H8BrN3. The van der Waals surface area contributed by atoms with Crippen LogP contribution in [0.2, 0.25) is 0 Å². The van der Waals surface area contributed by atoms with E-state index >= 15 is 0 Å². The zero-order valence-electron chi connectivity index (χ0n) is 7.31. The lowest BCUT2D eigenvalue weighted by atomic mass is 10.1. The standard InChI is InChI=1S/C10H8BrN3/c11-8-3-6-14-10(12)9(8)7-1-4-13-5-2-7/h1-6H,(H2,12,14). The zero-order chi connectivity index (χ0) is 9.97. The molecule has 4 heteroatoms. The SMILES string of the molecule is Nc1nccc(Br)c1-c1ccncc1. The molecule has 0 aromatic carbocycles. The Balaban J connectivity index is 2.63. The van der Waals surface area contributed by atoms with E-state index in [0.29, 0.717) is 5.82 Å². The fraction of sp³-hybridized carbons (Fsp3) is 0. The molecule has 2 aromatic heterocycles. The molecule has 0 aliphatic carbocycles. The number of rotatable bonds is 1.